The summed E-state index contributed by atoms with van der Waals surface area (Å²) in [5.41, 5.74) is 3.06. The molecule has 0 saturated heterocycles. The number of anilines is 1. The van der Waals surface area contributed by atoms with E-state index < -0.39 is 0 Å². The molecule has 0 spiro atoms. The normalized spacial score (nSPS) is 11.3. The third kappa shape index (κ3) is 4.83. The van der Waals surface area contributed by atoms with Gasteiger partial charge < -0.3 is 10.4 Å². The Morgan fingerprint density at radius 2 is 1.67 bits per heavy atom. The number of nitrogens with one attached hydrogen (secondary N) is 3. The maximum absolute atomic E-state index is 12.2. The molecule has 0 aliphatic carbocycles. The number of fused-ring (bicyclic) bond motifs is 2. The fraction of sp³-hybridized carbons (Fsp3) is 0.107. The van der Waals surface area contributed by atoms with Crippen LogP contribution in [-0.4, -0.2) is 29.7 Å². The first-order valence-electron chi connectivity index (χ1n) is 12.2. The molecule has 3 heterocycles. The van der Waals surface area contributed by atoms with Crippen molar-refractivity contribution in [1.82, 2.24) is 24.6 Å². The topological polar surface area (TPSA) is 116 Å². The number of benzene rings is 3. The molecule has 0 aliphatic heterocycles. The minimum absolute atomic E-state index is 0.0148. The molecule has 6 aromatic rings. The molecule has 0 aliphatic rings. The van der Waals surface area contributed by atoms with Gasteiger partial charge in [-0.25, -0.2) is 15.0 Å². The lowest BCUT2D eigenvalue weighted by Crippen LogP contribution is -2.36. The SMILES string of the molecule is Cc1c[n+]2c([nH]c1=O)[nH]c(=S)n2-c1nc(NCc2ccccc2Sc2ccccc2CO)nc2ccccc12. The molecular formula is C28H24N7O2S2+. The Morgan fingerprint density at radius 1 is 0.974 bits per heavy atom. The molecule has 0 bridgehead atoms. The number of hydrogen-bond donors (Lipinski definition) is 4. The molecule has 3 aromatic heterocycles. The van der Waals surface area contributed by atoms with Gasteiger partial charge in [0.25, 0.3) is 4.77 Å². The second-order valence-corrected chi connectivity index (χ2v) is 10.4. The lowest BCUT2D eigenvalue weighted by Gasteiger charge is -2.13. The lowest BCUT2D eigenvalue weighted by molar-refractivity contribution is -0.602. The molecule has 0 radical (unpaired) electrons. The highest BCUT2D eigenvalue weighted by Crippen LogP contribution is 2.33. The summed E-state index contributed by atoms with van der Waals surface area (Å²) < 4.78 is 3.89. The minimum Gasteiger partial charge on any atom is -0.392 e. The van der Waals surface area contributed by atoms with Crippen LogP contribution < -0.4 is 15.4 Å². The van der Waals surface area contributed by atoms with Gasteiger partial charge in [-0.1, -0.05) is 60.3 Å². The molecular weight excluding hydrogens is 530 g/mol. The fourth-order valence-electron chi connectivity index (χ4n) is 4.34. The molecule has 0 amide bonds. The van der Waals surface area contributed by atoms with Crippen LogP contribution in [0.4, 0.5) is 5.95 Å². The highest BCUT2D eigenvalue weighted by atomic mass is 32.2. The Hall–Kier alpha value is -4.32. The number of aromatic nitrogens is 6. The van der Waals surface area contributed by atoms with Crippen LogP contribution in [0, 0.1) is 11.7 Å². The monoisotopic (exact) mass is 554 g/mol. The van der Waals surface area contributed by atoms with Gasteiger partial charge in [0, 0.05) is 21.7 Å². The van der Waals surface area contributed by atoms with Crippen LogP contribution >= 0.6 is 24.0 Å². The van der Waals surface area contributed by atoms with Gasteiger partial charge in [0.1, 0.15) is 6.20 Å². The van der Waals surface area contributed by atoms with E-state index in [0.29, 0.717) is 34.4 Å². The van der Waals surface area contributed by atoms with Crippen LogP contribution in [0.25, 0.3) is 22.5 Å². The lowest BCUT2D eigenvalue weighted by atomic mass is 10.2. The fourth-order valence-corrected chi connectivity index (χ4v) is 5.68. The average molecular weight is 555 g/mol. The van der Waals surface area contributed by atoms with Gasteiger partial charge >= 0.3 is 11.3 Å². The molecule has 194 valence electrons. The molecule has 3 aromatic carbocycles. The second kappa shape index (κ2) is 10.4. The Kier molecular flexibility index (Phi) is 6.69. The number of aryl methyl sites for hydroxylation is 1. The number of aliphatic hydroxyl groups is 1. The van der Waals surface area contributed by atoms with Crippen molar-refractivity contribution in [3.05, 3.63) is 111 Å². The van der Waals surface area contributed by atoms with Crippen molar-refractivity contribution in [3.63, 3.8) is 0 Å². The first-order valence-corrected chi connectivity index (χ1v) is 13.5. The Bertz CT molecular complexity index is 1960. The van der Waals surface area contributed by atoms with Crippen molar-refractivity contribution in [1.29, 1.82) is 0 Å². The molecule has 4 N–H and O–H groups in total. The molecule has 0 atom stereocenters. The zero-order chi connectivity index (χ0) is 26.9. The van der Waals surface area contributed by atoms with E-state index in [1.807, 2.05) is 60.7 Å². The standard InChI is InChI=1S/C28H23N7O2S2/c1-17-15-34-27(32-25(17)37)33-28(38)35(34)24-20-10-4-5-11-21(20)30-26(31-24)29-14-18-8-2-6-12-22(18)39-23-13-7-3-9-19(23)16-36/h2-13,15,36H,14,16H2,1H3,(H2,29,30,31,32,33,37,38)/p+1. The summed E-state index contributed by atoms with van der Waals surface area (Å²) >= 11 is 7.25. The van der Waals surface area contributed by atoms with E-state index >= 15 is 0 Å². The van der Waals surface area contributed by atoms with Crippen LogP contribution in [0.1, 0.15) is 16.7 Å². The number of aliphatic hydroxyl groups excluding tert-OH is 1. The summed E-state index contributed by atoms with van der Waals surface area (Å²) in [5.74, 6) is 1.48. The first kappa shape index (κ1) is 25.0. The van der Waals surface area contributed by atoms with Crippen molar-refractivity contribution in [2.24, 2.45) is 0 Å². The molecule has 9 nitrogen and oxygen atoms in total. The molecule has 0 saturated carbocycles. The third-order valence-electron chi connectivity index (χ3n) is 6.32. The van der Waals surface area contributed by atoms with E-state index in [0.717, 1.165) is 31.8 Å². The number of H-pyrrole nitrogens is 2. The zero-order valence-electron chi connectivity index (χ0n) is 20.9. The molecule has 6 rings (SSSR count). The van der Waals surface area contributed by atoms with Gasteiger partial charge in [0.2, 0.25) is 5.95 Å². The van der Waals surface area contributed by atoms with Crippen LogP contribution in [0.3, 0.4) is 0 Å². The smallest absolute Gasteiger partial charge is 0.387 e. The van der Waals surface area contributed by atoms with E-state index in [1.165, 1.54) is 0 Å². The number of para-hydroxylation sites is 1. The average Bonchev–Trinajstić information content (AvgIpc) is 3.26. The second-order valence-electron chi connectivity index (χ2n) is 8.92. The van der Waals surface area contributed by atoms with E-state index in [1.54, 1.807) is 34.1 Å². The Labute approximate surface area is 232 Å². The number of hydrogen-bond acceptors (Lipinski definition) is 7. The summed E-state index contributed by atoms with van der Waals surface area (Å²) in [6, 6.07) is 23.7. The number of nitrogens with zero attached hydrogens (tertiary/aromatic N) is 4. The van der Waals surface area contributed by atoms with Gasteiger partial charge in [-0.3, -0.25) is 4.79 Å². The van der Waals surface area contributed by atoms with E-state index in [4.69, 9.17) is 22.2 Å². The summed E-state index contributed by atoms with van der Waals surface area (Å²) in [7, 11) is 0. The Morgan fingerprint density at radius 3 is 2.46 bits per heavy atom. The van der Waals surface area contributed by atoms with Crippen molar-refractivity contribution >= 4 is 46.6 Å². The van der Waals surface area contributed by atoms with Crippen molar-refractivity contribution < 1.29 is 9.62 Å². The van der Waals surface area contributed by atoms with Gasteiger partial charge in [-0.05, 0) is 54.5 Å². The number of aromatic amines is 2. The summed E-state index contributed by atoms with van der Waals surface area (Å²) in [6.07, 6.45) is 1.72. The van der Waals surface area contributed by atoms with E-state index in [-0.39, 0.29) is 12.2 Å². The van der Waals surface area contributed by atoms with Gasteiger partial charge in [-0.2, -0.15) is 4.98 Å². The summed E-state index contributed by atoms with van der Waals surface area (Å²) in [5, 5.41) is 14.0. The molecule has 11 heteroatoms. The minimum atomic E-state index is -0.188. The quantitative estimate of drug-likeness (QED) is 0.170. The highest BCUT2D eigenvalue weighted by Gasteiger charge is 2.19. The Balaban J connectivity index is 1.39. The first-order chi connectivity index (χ1) is 19.0. The van der Waals surface area contributed by atoms with Gasteiger partial charge in [0.15, 0.2) is 5.82 Å². The maximum atomic E-state index is 12.2. The van der Waals surface area contributed by atoms with Crippen LogP contribution in [0.2, 0.25) is 0 Å². The van der Waals surface area contributed by atoms with Gasteiger partial charge in [-0.15, -0.1) is 9.20 Å². The van der Waals surface area contributed by atoms with Crippen LogP contribution in [0.15, 0.2) is 93.6 Å². The third-order valence-corrected chi connectivity index (χ3v) is 7.84. The molecule has 0 fully saturated rings. The van der Waals surface area contributed by atoms with Crippen LogP contribution in [0.5, 0.6) is 0 Å². The van der Waals surface area contributed by atoms with Crippen molar-refractivity contribution in [3.8, 4) is 5.82 Å². The molecule has 0 unspecified atom stereocenters. The van der Waals surface area contributed by atoms with Crippen molar-refractivity contribution in [2.75, 3.05) is 5.32 Å². The maximum Gasteiger partial charge on any atom is 0.387 e. The largest absolute Gasteiger partial charge is 0.392 e. The van der Waals surface area contributed by atoms with Crippen LogP contribution in [-0.2, 0) is 13.2 Å². The number of rotatable bonds is 7. The highest BCUT2D eigenvalue weighted by molar-refractivity contribution is 7.99. The summed E-state index contributed by atoms with van der Waals surface area (Å²) in [4.78, 5) is 29.8. The van der Waals surface area contributed by atoms with E-state index in [2.05, 4.69) is 27.4 Å². The van der Waals surface area contributed by atoms with Crippen molar-refractivity contribution in [2.45, 2.75) is 29.9 Å². The predicted octanol–water partition coefficient (Wildman–Crippen LogP) is 4.47. The van der Waals surface area contributed by atoms with Gasteiger partial charge in [0.05, 0.1) is 17.7 Å². The zero-order valence-corrected chi connectivity index (χ0v) is 22.5. The summed E-state index contributed by atoms with van der Waals surface area (Å²) in [6.45, 7) is 2.21. The van der Waals surface area contributed by atoms with E-state index in [9.17, 15) is 9.90 Å². The molecule has 39 heavy (non-hydrogen) atoms. The predicted molar refractivity (Wildman–Crippen MR) is 153 cm³/mol.